The van der Waals surface area contributed by atoms with Crippen LogP contribution in [0.2, 0.25) is 0 Å². The Kier molecular flexibility index (Phi) is 2.94. The van der Waals surface area contributed by atoms with Crippen molar-refractivity contribution < 1.29 is 9.53 Å². The molecule has 2 heterocycles. The fourth-order valence-electron chi connectivity index (χ4n) is 1.77. The lowest BCUT2D eigenvalue weighted by Gasteiger charge is -2.05. The van der Waals surface area contributed by atoms with Gasteiger partial charge in [0.1, 0.15) is 12.9 Å². The Bertz CT molecular complexity index is 708. The van der Waals surface area contributed by atoms with Crippen LogP contribution >= 0.6 is 0 Å². The number of carbonyl (C=O) groups is 1. The fourth-order valence-corrected chi connectivity index (χ4v) is 1.77. The average molecular weight is 253 g/mol. The second-order valence-corrected chi connectivity index (χ2v) is 4.02. The van der Waals surface area contributed by atoms with Gasteiger partial charge in [-0.05, 0) is 12.1 Å². The zero-order chi connectivity index (χ0) is 13.1. The SMILES string of the molecule is O=C(OCc1ccc2ccccc2n1)n1ccnc1. The maximum atomic E-state index is 11.6. The van der Waals surface area contributed by atoms with Crippen molar-refractivity contribution in [3.63, 3.8) is 0 Å². The molecule has 0 saturated heterocycles. The van der Waals surface area contributed by atoms with E-state index >= 15 is 0 Å². The standard InChI is InChI=1S/C14H11N3O2/c18-14(17-8-7-15-10-17)19-9-12-6-5-11-3-1-2-4-13(11)16-12/h1-8,10H,9H2. The number of hydrogen-bond acceptors (Lipinski definition) is 4. The highest BCUT2D eigenvalue weighted by molar-refractivity contribution is 5.78. The number of fused-ring (bicyclic) bond motifs is 1. The fraction of sp³-hybridized carbons (Fsp3) is 0.0714. The van der Waals surface area contributed by atoms with Crippen LogP contribution in [0.5, 0.6) is 0 Å². The second-order valence-electron chi connectivity index (χ2n) is 4.02. The van der Waals surface area contributed by atoms with Gasteiger partial charge in [-0.2, -0.15) is 0 Å². The molecule has 0 spiro atoms. The normalized spacial score (nSPS) is 10.5. The summed E-state index contributed by atoms with van der Waals surface area (Å²) in [4.78, 5) is 19.8. The van der Waals surface area contributed by atoms with Gasteiger partial charge in [0.2, 0.25) is 0 Å². The van der Waals surface area contributed by atoms with Crippen molar-refractivity contribution in [2.24, 2.45) is 0 Å². The molecule has 0 bridgehead atoms. The zero-order valence-electron chi connectivity index (χ0n) is 10.1. The average Bonchev–Trinajstić information content (AvgIpc) is 2.99. The first-order valence-electron chi connectivity index (χ1n) is 5.83. The Labute approximate surface area is 109 Å². The minimum atomic E-state index is -0.465. The van der Waals surface area contributed by atoms with Crippen LogP contribution in [0.4, 0.5) is 4.79 Å². The van der Waals surface area contributed by atoms with Crippen molar-refractivity contribution in [3.8, 4) is 0 Å². The number of hydrogen-bond donors (Lipinski definition) is 0. The topological polar surface area (TPSA) is 57.0 Å². The lowest BCUT2D eigenvalue weighted by atomic mass is 10.2. The highest BCUT2D eigenvalue weighted by Gasteiger charge is 2.06. The Morgan fingerprint density at radius 1 is 1.21 bits per heavy atom. The molecule has 0 N–H and O–H groups in total. The van der Waals surface area contributed by atoms with Crippen molar-refractivity contribution in [2.45, 2.75) is 6.61 Å². The molecule has 0 aliphatic heterocycles. The van der Waals surface area contributed by atoms with Crippen LogP contribution in [-0.4, -0.2) is 20.6 Å². The van der Waals surface area contributed by atoms with Crippen molar-refractivity contribution >= 4 is 17.0 Å². The van der Waals surface area contributed by atoms with Gasteiger partial charge in [0.25, 0.3) is 0 Å². The third-order valence-corrected chi connectivity index (χ3v) is 2.71. The molecule has 2 aromatic heterocycles. The maximum Gasteiger partial charge on any atom is 0.419 e. The number of nitrogens with zero attached hydrogens (tertiary/aromatic N) is 3. The lowest BCUT2D eigenvalue weighted by molar-refractivity contribution is 0.140. The van der Waals surface area contributed by atoms with E-state index < -0.39 is 6.09 Å². The van der Waals surface area contributed by atoms with Gasteiger partial charge in [-0.1, -0.05) is 24.3 Å². The maximum absolute atomic E-state index is 11.6. The van der Waals surface area contributed by atoms with E-state index in [1.807, 2.05) is 36.4 Å². The molecular formula is C14H11N3O2. The Morgan fingerprint density at radius 2 is 2.11 bits per heavy atom. The minimum Gasteiger partial charge on any atom is -0.442 e. The van der Waals surface area contributed by atoms with E-state index in [1.54, 1.807) is 0 Å². The van der Waals surface area contributed by atoms with Crippen molar-refractivity contribution in [1.82, 2.24) is 14.5 Å². The summed E-state index contributed by atoms with van der Waals surface area (Å²) in [7, 11) is 0. The van der Waals surface area contributed by atoms with E-state index in [-0.39, 0.29) is 6.61 Å². The molecule has 3 aromatic rings. The molecule has 19 heavy (non-hydrogen) atoms. The lowest BCUT2D eigenvalue weighted by Crippen LogP contribution is -2.12. The van der Waals surface area contributed by atoms with Gasteiger partial charge in [0, 0.05) is 17.8 Å². The van der Waals surface area contributed by atoms with Gasteiger partial charge in [0.15, 0.2) is 0 Å². The molecule has 0 atom stereocenters. The van der Waals surface area contributed by atoms with E-state index in [1.165, 1.54) is 23.3 Å². The molecule has 94 valence electrons. The summed E-state index contributed by atoms with van der Waals surface area (Å²) < 4.78 is 6.42. The zero-order valence-corrected chi connectivity index (χ0v) is 10.1. The first kappa shape index (κ1) is 11.4. The van der Waals surface area contributed by atoms with E-state index in [0.29, 0.717) is 5.69 Å². The Morgan fingerprint density at radius 3 is 2.95 bits per heavy atom. The van der Waals surface area contributed by atoms with E-state index in [2.05, 4.69) is 9.97 Å². The van der Waals surface area contributed by atoms with Crippen LogP contribution in [-0.2, 0) is 11.3 Å². The summed E-state index contributed by atoms with van der Waals surface area (Å²) in [6.45, 7) is 0.141. The number of carbonyl (C=O) groups excluding carboxylic acids is 1. The summed E-state index contributed by atoms with van der Waals surface area (Å²) in [5, 5.41) is 1.06. The van der Waals surface area contributed by atoms with Crippen molar-refractivity contribution in [1.29, 1.82) is 0 Å². The van der Waals surface area contributed by atoms with Crippen LogP contribution in [0.15, 0.2) is 55.1 Å². The van der Waals surface area contributed by atoms with Gasteiger partial charge in [-0.15, -0.1) is 0 Å². The van der Waals surface area contributed by atoms with Crippen molar-refractivity contribution in [3.05, 3.63) is 60.8 Å². The molecule has 0 aliphatic rings. The molecule has 0 unspecified atom stereocenters. The molecule has 0 fully saturated rings. The predicted octanol–water partition coefficient (Wildman–Crippen LogP) is 2.62. The summed E-state index contributed by atoms with van der Waals surface area (Å²) in [5.41, 5.74) is 1.60. The first-order valence-corrected chi connectivity index (χ1v) is 5.83. The van der Waals surface area contributed by atoms with Gasteiger partial charge in [-0.3, -0.25) is 0 Å². The van der Waals surface area contributed by atoms with Gasteiger partial charge >= 0.3 is 6.09 Å². The Hall–Kier alpha value is -2.69. The van der Waals surface area contributed by atoms with Crippen LogP contribution in [0, 0.1) is 0 Å². The monoisotopic (exact) mass is 253 g/mol. The molecule has 5 heteroatoms. The number of ether oxygens (including phenoxy) is 1. The van der Waals surface area contributed by atoms with Crippen LogP contribution in [0.3, 0.4) is 0 Å². The molecule has 1 aromatic carbocycles. The summed E-state index contributed by atoms with van der Waals surface area (Å²) in [6.07, 6.45) is 3.99. The van der Waals surface area contributed by atoms with Gasteiger partial charge in [0.05, 0.1) is 11.2 Å². The van der Waals surface area contributed by atoms with E-state index in [0.717, 1.165) is 10.9 Å². The number of rotatable bonds is 2. The van der Waals surface area contributed by atoms with Gasteiger partial charge < -0.3 is 4.74 Å². The number of pyridine rings is 1. The minimum absolute atomic E-state index is 0.141. The molecule has 0 saturated carbocycles. The predicted molar refractivity (Wildman–Crippen MR) is 69.6 cm³/mol. The molecule has 0 radical (unpaired) electrons. The number of imidazole rings is 1. The summed E-state index contributed by atoms with van der Waals surface area (Å²) in [5.74, 6) is 0. The number of benzene rings is 1. The van der Waals surface area contributed by atoms with Crippen molar-refractivity contribution in [2.75, 3.05) is 0 Å². The van der Waals surface area contributed by atoms with Crippen LogP contribution < -0.4 is 0 Å². The number of para-hydroxylation sites is 1. The Balaban J connectivity index is 1.73. The van der Waals surface area contributed by atoms with Gasteiger partial charge in [-0.25, -0.2) is 19.3 Å². The smallest absolute Gasteiger partial charge is 0.419 e. The second kappa shape index (κ2) is 4.89. The van der Waals surface area contributed by atoms with E-state index in [4.69, 9.17) is 4.74 Å². The largest absolute Gasteiger partial charge is 0.442 e. The third kappa shape index (κ3) is 2.44. The van der Waals surface area contributed by atoms with Crippen LogP contribution in [0.25, 0.3) is 10.9 Å². The number of aromatic nitrogens is 3. The summed E-state index contributed by atoms with van der Waals surface area (Å²) >= 11 is 0. The highest BCUT2D eigenvalue weighted by Crippen LogP contribution is 2.12. The third-order valence-electron chi connectivity index (χ3n) is 2.71. The van der Waals surface area contributed by atoms with E-state index in [9.17, 15) is 4.79 Å². The molecule has 0 amide bonds. The first-order chi connectivity index (χ1) is 9.33. The molecule has 3 rings (SSSR count). The molecule has 0 aliphatic carbocycles. The summed E-state index contributed by atoms with van der Waals surface area (Å²) in [6, 6.07) is 11.6. The molecular weight excluding hydrogens is 242 g/mol. The quantitative estimate of drug-likeness (QED) is 0.704. The highest BCUT2D eigenvalue weighted by atomic mass is 16.5. The van der Waals surface area contributed by atoms with Crippen LogP contribution in [0.1, 0.15) is 5.69 Å². The molecule has 5 nitrogen and oxygen atoms in total.